The molecule has 0 aliphatic heterocycles. The van der Waals surface area contributed by atoms with E-state index in [4.69, 9.17) is 10.2 Å². The van der Waals surface area contributed by atoms with Gasteiger partial charge >= 0.3 is 0 Å². The third-order valence-electron chi connectivity index (χ3n) is 3.41. The summed E-state index contributed by atoms with van der Waals surface area (Å²) in [4.78, 5) is 0. The monoisotopic (exact) mass is 275 g/mol. The summed E-state index contributed by atoms with van der Waals surface area (Å²) in [6.45, 7) is 0. The predicted octanol–water partition coefficient (Wildman–Crippen LogP) is 3.10. The molecule has 3 rings (SSSR count). The second kappa shape index (κ2) is 5.75. The van der Waals surface area contributed by atoms with E-state index in [0.717, 1.165) is 31.2 Å². The molecular weight excluding hydrogens is 258 g/mol. The highest BCUT2D eigenvalue weighted by molar-refractivity contribution is 7.99. The van der Waals surface area contributed by atoms with Gasteiger partial charge in [-0.15, -0.1) is 10.2 Å². The Morgan fingerprint density at radius 2 is 1.79 bits per heavy atom. The first kappa shape index (κ1) is 12.7. The van der Waals surface area contributed by atoms with Crippen LogP contribution in [0.15, 0.2) is 40.0 Å². The van der Waals surface area contributed by atoms with Crippen LogP contribution < -0.4 is 5.73 Å². The Bertz CT molecular complexity index is 520. The van der Waals surface area contributed by atoms with Gasteiger partial charge in [0, 0.05) is 16.9 Å². The lowest BCUT2D eigenvalue weighted by atomic mass is 9.96. The Morgan fingerprint density at radius 1 is 1.05 bits per heavy atom. The molecule has 100 valence electrons. The summed E-state index contributed by atoms with van der Waals surface area (Å²) in [6, 6.07) is 10.2. The van der Waals surface area contributed by atoms with Gasteiger partial charge in [0.2, 0.25) is 5.89 Å². The fraction of sp³-hybridized carbons (Fsp3) is 0.429. The van der Waals surface area contributed by atoms with Crippen molar-refractivity contribution in [1.29, 1.82) is 0 Å². The number of rotatable bonds is 3. The van der Waals surface area contributed by atoms with Crippen molar-refractivity contribution in [3.8, 4) is 11.5 Å². The molecule has 1 fully saturated rings. The third-order valence-corrected chi connectivity index (χ3v) is 4.58. The summed E-state index contributed by atoms with van der Waals surface area (Å²) in [5, 5.41) is 9.45. The van der Waals surface area contributed by atoms with Crippen molar-refractivity contribution in [3.63, 3.8) is 0 Å². The van der Waals surface area contributed by atoms with Gasteiger partial charge in [-0.05, 0) is 37.8 Å². The van der Waals surface area contributed by atoms with E-state index in [1.54, 1.807) is 11.8 Å². The molecule has 1 saturated carbocycles. The minimum Gasteiger partial charge on any atom is -0.411 e. The summed E-state index contributed by atoms with van der Waals surface area (Å²) in [7, 11) is 0. The molecule has 0 radical (unpaired) electrons. The number of aromatic nitrogens is 2. The van der Waals surface area contributed by atoms with E-state index < -0.39 is 0 Å². The van der Waals surface area contributed by atoms with E-state index in [9.17, 15) is 0 Å². The molecule has 0 unspecified atom stereocenters. The van der Waals surface area contributed by atoms with E-state index in [-0.39, 0.29) is 0 Å². The fourth-order valence-corrected chi connectivity index (χ4v) is 3.31. The Kier molecular flexibility index (Phi) is 3.84. The van der Waals surface area contributed by atoms with E-state index in [1.165, 1.54) is 0 Å². The molecule has 5 heteroatoms. The first-order valence-corrected chi connectivity index (χ1v) is 7.50. The minimum atomic E-state index is 0.374. The molecule has 4 nitrogen and oxygen atoms in total. The number of nitrogens with two attached hydrogens (primary N) is 1. The highest BCUT2D eigenvalue weighted by atomic mass is 32.2. The largest absolute Gasteiger partial charge is 0.411 e. The van der Waals surface area contributed by atoms with Gasteiger partial charge in [0.1, 0.15) is 0 Å². The number of benzene rings is 1. The normalized spacial score (nSPS) is 23.4. The highest BCUT2D eigenvalue weighted by Crippen LogP contribution is 2.33. The summed E-state index contributed by atoms with van der Waals surface area (Å²) < 4.78 is 5.71. The van der Waals surface area contributed by atoms with Gasteiger partial charge in [-0.1, -0.05) is 30.0 Å². The number of nitrogens with zero attached hydrogens (tertiary/aromatic N) is 2. The maximum absolute atomic E-state index is 5.91. The smallest absolute Gasteiger partial charge is 0.277 e. The van der Waals surface area contributed by atoms with Crippen LogP contribution in [0.5, 0.6) is 0 Å². The molecule has 1 aromatic carbocycles. The van der Waals surface area contributed by atoms with Crippen LogP contribution in [-0.2, 0) is 0 Å². The van der Waals surface area contributed by atoms with Gasteiger partial charge in [0.15, 0.2) is 0 Å². The van der Waals surface area contributed by atoms with E-state index >= 15 is 0 Å². The Hall–Kier alpha value is -1.33. The van der Waals surface area contributed by atoms with Gasteiger partial charge in [-0.25, -0.2) is 0 Å². The molecule has 2 aromatic rings. The van der Waals surface area contributed by atoms with Crippen molar-refractivity contribution in [3.05, 3.63) is 30.3 Å². The van der Waals surface area contributed by atoms with Gasteiger partial charge in [-0.2, -0.15) is 0 Å². The lowest BCUT2D eigenvalue weighted by Crippen LogP contribution is -2.27. The maximum Gasteiger partial charge on any atom is 0.277 e. The summed E-state index contributed by atoms with van der Waals surface area (Å²) in [5.74, 6) is 0.593. The van der Waals surface area contributed by atoms with Gasteiger partial charge in [0.05, 0.1) is 0 Å². The van der Waals surface area contributed by atoms with Crippen LogP contribution in [0.1, 0.15) is 25.7 Å². The molecule has 0 amide bonds. The van der Waals surface area contributed by atoms with E-state index in [1.807, 2.05) is 30.3 Å². The van der Waals surface area contributed by atoms with Gasteiger partial charge in [-0.3, -0.25) is 0 Å². The standard InChI is InChI=1S/C14H17N3OS/c15-11-6-8-12(9-7-11)19-14-17-16-13(18-14)10-4-2-1-3-5-10/h1-5,11-12H,6-9,15H2. The fourth-order valence-electron chi connectivity index (χ4n) is 2.30. The first-order chi connectivity index (χ1) is 9.31. The second-order valence-corrected chi connectivity index (χ2v) is 6.15. The molecule has 1 heterocycles. The second-order valence-electron chi connectivity index (χ2n) is 4.89. The van der Waals surface area contributed by atoms with Crippen LogP contribution >= 0.6 is 11.8 Å². The zero-order valence-electron chi connectivity index (χ0n) is 10.7. The van der Waals surface area contributed by atoms with Crippen molar-refractivity contribution in [2.24, 2.45) is 5.73 Å². The lowest BCUT2D eigenvalue weighted by molar-refractivity contribution is 0.438. The highest BCUT2D eigenvalue weighted by Gasteiger charge is 2.21. The Balaban J connectivity index is 1.65. The third kappa shape index (κ3) is 3.16. The van der Waals surface area contributed by atoms with Gasteiger partial charge < -0.3 is 10.2 Å². The number of thioether (sulfide) groups is 1. The van der Waals surface area contributed by atoms with Crippen molar-refractivity contribution in [2.75, 3.05) is 0 Å². The SMILES string of the molecule is NC1CCC(Sc2nnc(-c3ccccc3)o2)CC1. The topological polar surface area (TPSA) is 64.9 Å². The molecule has 2 N–H and O–H groups in total. The van der Waals surface area contributed by atoms with Crippen LogP contribution in [0.2, 0.25) is 0 Å². The molecule has 0 bridgehead atoms. The Morgan fingerprint density at radius 3 is 2.53 bits per heavy atom. The van der Waals surface area contributed by atoms with Crippen LogP contribution in [0.3, 0.4) is 0 Å². The van der Waals surface area contributed by atoms with Crippen molar-refractivity contribution < 1.29 is 4.42 Å². The van der Waals surface area contributed by atoms with Crippen LogP contribution in [-0.4, -0.2) is 21.5 Å². The maximum atomic E-state index is 5.91. The van der Waals surface area contributed by atoms with Crippen molar-refractivity contribution >= 4 is 11.8 Å². The van der Waals surface area contributed by atoms with Crippen LogP contribution in [0.25, 0.3) is 11.5 Å². The summed E-state index contributed by atoms with van der Waals surface area (Å²) in [5.41, 5.74) is 6.88. The first-order valence-electron chi connectivity index (χ1n) is 6.62. The van der Waals surface area contributed by atoms with Crippen LogP contribution in [0.4, 0.5) is 0 Å². The summed E-state index contributed by atoms with van der Waals surface area (Å²) in [6.07, 6.45) is 4.46. The number of hydrogen-bond donors (Lipinski definition) is 1. The zero-order chi connectivity index (χ0) is 13.1. The molecular formula is C14H17N3OS. The molecule has 0 saturated heterocycles. The lowest BCUT2D eigenvalue weighted by Gasteiger charge is -2.24. The molecule has 1 aliphatic carbocycles. The summed E-state index contributed by atoms with van der Waals surface area (Å²) >= 11 is 1.69. The quantitative estimate of drug-likeness (QED) is 0.932. The average Bonchev–Trinajstić information content (AvgIpc) is 2.91. The molecule has 1 aromatic heterocycles. The van der Waals surface area contributed by atoms with Gasteiger partial charge in [0.25, 0.3) is 5.22 Å². The number of hydrogen-bond acceptors (Lipinski definition) is 5. The minimum absolute atomic E-state index is 0.374. The van der Waals surface area contributed by atoms with Crippen molar-refractivity contribution in [2.45, 2.75) is 42.2 Å². The Labute approximate surface area is 116 Å². The molecule has 0 spiro atoms. The van der Waals surface area contributed by atoms with Crippen LogP contribution in [0, 0.1) is 0 Å². The zero-order valence-corrected chi connectivity index (χ0v) is 11.5. The van der Waals surface area contributed by atoms with E-state index in [0.29, 0.717) is 22.4 Å². The average molecular weight is 275 g/mol. The molecule has 19 heavy (non-hydrogen) atoms. The predicted molar refractivity (Wildman–Crippen MR) is 75.8 cm³/mol. The molecule has 1 aliphatic rings. The van der Waals surface area contributed by atoms with E-state index in [2.05, 4.69) is 10.2 Å². The van der Waals surface area contributed by atoms with Crippen molar-refractivity contribution in [1.82, 2.24) is 10.2 Å². The molecule has 0 atom stereocenters.